The van der Waals surface area contributed by atoms with Crippen molar-refractivity contribution in [2.45, 2.75) is 33.3 Å². The van der Waals surface area contributed by atoms with Gasteiger partial charge in [-0.05, 0) is 39.8 Å². The highest BCUT2D eigenvalue weighted by Gasteiger charge is 2.23. The summed E-state index contributed by atoms with van der Waals surface area (Å²) >= 11 is 0.389. The Balaban J connectivity index is 2.19. The monoisotopic (exact) mass is 357 g/mol. The van der Waals surface area contributed by atoms with Gasteiger partial charge in [-0.25, -0.2) is 9.00 Å². The smallest absolute Gasteiger partial charge is 0.419 e. The minimum Gasteiger partial charge on any atom is -0.469 e. The van der Waals surface area contributed by atoms with Crippen LogP contribution in [0.5, 0.6) is 0 Å². The largest absolute Gasteiger partial charge is 0.469 e. The van der Waals surface area contributed by atoms with Gasteiger partial charge in [-0.1, -0.05) is 18.2 Å². The van der Waals surface area contributed by atoms with E-state index < -0.39 is 11.7 Å². The average Bonchev–Trinajstić information content (AvgIpc) is 3.12. The molecule has 3 rings (SSSR count). The molecule has 0 atom stereocenters. The van der Waals surface area contributed by atoms with Crippen molar-refractivity contribution in [1.29, 1.82) is 0 Å². The van der Waals surface area contributed by atoms with Gasteiger partial charge in [0.1, 0.15) is 11.4 Å². The van der Waals surface area contributed by atoms with Crippen LogP contribution in [0.15, 0.2) is 47.2 Å². The molecule has 0 spiro atoms. The van der Waals surface area contributed by atoms with Crippen molar-refractivity contribution in [2.24, 2.45) is 0 Å². The number of ether oxygens (including phenoxy) is 1. The van der Waals surface area contributed by atoms with Crippen molar-refractivity contribution in [1.82, 2.24) is 4.57 Å². The van der Waals surface area contributed by atoms with Crippen LogP contribution >= 0.6 is 0 Å². The van der Waals surface area contributed by atoms with Crippen molar-refractivity contribution >= 4 is 33.1 Å². The second-order valence-corrected chi connectivity index (χ2v) is 7.29. The molecule has 2 heterocycles. The summed E-state index contributed by atoms with van der Waals surface area (Å²) in [5.74, 6) is 0.660. The second kappa shape index (κ2) is 6.37. The van der Waals surface area contributed by atoms with Gasteiger partial charge in [0, 0.05) is 22.7 Å². The predicted molar refractivity (Wildman–Crippen MR) is 98.4 cm³/mol. The summed E-state index contributed by atoms with van der Waals surface area (Å²) in [5, 5.41) is 0.812. The van der Waals surface area contributed by atoms with Crippen LogP contribution in [0, 0.1) is 6.92 Å². The molecule has 0 aliphatic rings. The minimum absolute atomic E-state index is 0.389. The SMILES string of the molecule is Cc1occc1C(=S=O)c1cn(C(=O)OC(C)(C)C)c2ccccc12. The van der Waals surface area contributed by atoms with Gasteiger partial charge < -0.3 is 9.15 Å². The Morgan fingerprint density at radius 3 is 2.48 bits per heavy atom. The predicted octanol–water partition coefficient (Wildman–Crippen LogP) is 4.11. The summed E-state index contributed by atoms with van der Waals surface area (Å²) < 4.78 is 24.1. The van der Waals surface area contributed by atoms with Crippen molar-refractivity contribution in [3.8, 4) is 0 Å². The molecule has 0 aliphatic carbocycles. The number of carbonyl (C=O) groups is 1. The normalized spacial score (nSPS) is 11.5. The van der Waals surface area contributed by atoms with E-state index in [4.69, 9.17) is 9.15 Å². The molecule has 0 N–H and O–H groups in total. The molecule has 0 unspecified atom stereocenters. The van der Waals surface area contributed by atoms with Crippen LogP contribution in [-0.2, 0) is 16.0 Å². The molecular weight excluding hydrogens is 338 g/mol. The third-order valence-corrected chi connectivity index (χ3v) is 4.34. The maximum absolute atomic E-state index is 12.6. The maximum Gasteiger partial charge on any atom is 0.419 e. The summed E-state index contributed by atoms with van der Waals surface area (Å²) in [6.45, 7) is 7.25. The number of aromatic nitrogens is 1. The van der Waals surface area contributed by atoms with E-state index in [1.165, 1.54) is 4.57 Å². The van der Waals surface area contributed by atoms with E-state index in [2.05, 4.69) is 0 Å². The lowest BCUT2D eigenvalue weighted by molar-refractivity contribution is 0.0544. The Hall–Kier alpha value is -2.60. The van der Waals surface area contributed by atoms with Gasteiger partial charge in [-0.3, -0.25) is 4.57 Å². The Kier molecular flexibility index (Phi) is 4.39. The van der Waals surface area contributed by atoms with Crippen molar-refractivity contribution < 1.29 is 18.2 Å². The average molecular weight is 357 g/mol. The number of benzene rings is 1. The van der Waals surface area contributed by atoms with Gasteiger partial charge in [0.2, 0.25) is 0 Å². The molecule has 0 bridgehead atoms. The molecule has 0 aliphatic heterocycles. The molecule has 25 heavy (non-hydrogen) atoms. The van der Waals surface area contributed by atoms with Gasteiger partial charge >= 0.3 is 6.09 Å². The zero-order valence-corrected chi connectivity index (χ0v) is 15.3. The standard InChI is InChI=1S/C19H19NO4S/c1-12-13(9-10-23-12)17(25-22)15-11-20(18(21)24-19(2,3)4)16-8-6-5-7-14(15)16/h5-11H,1-4H3. The first-order valence-corrected chi connectivity index (χ1v) is 8.61. The molecule has 130 valence electrons. The van der Waals surface area contributed by atoms with E-state index in [1.54, 1.807) is 25.5 Å². The fraction of sp³-hybridized carbons (Fsp3) is 0.263. The molecule has 0 radical (unpaired) electrons. The Morgan fingerprint density at radius 1 is 1.16 bits per heavy atom. The quantitative estimate of drug-likeness (QED) is 0.511. The number of carbonyl (C=O) groups excluding carboxylic acids is 1. The van der Waals surface area contributed by atoms with E-state index in [0.717, 1.165) is 10.9 Å². The zero-order chi connectivity index (χ0) is 18.2. The van der Waals surface area contributed by atoms with Crippen LogP contribution in [0.4, 0.5) is 4.79 Å². The van der Waals surface area contributed by atoms with Crippen molar-refractivity contribution in [3.05, 3.63) is 59.7 Å². The highest BCUT2D eigenvalue weighted by atomic mass is 32.1. The summed E-state index contributed by atoms with van der Waals surface area (Å²) in [7, 11) is 0. The van der Waals surface area contributed by atoms with Crippen molar-refractivity contribution in [2.75, 3.05) is 0 Å². The Morgan fingerprint density at radius 2 is 1.88 bits per heavy atom. The number of rotatable bonds is 2. The van der Waals surface area contributed by atoms with Crippen LogP contribution in [0.1, 0.15) is 37.7 Å². The highest BCUT2D eigenvalue weighted by Crippen LogP contribution is 2.26. The molecule has 0 fully saturated rings. The third kappa shape index (κ3) is 3.30. The van der Waals surface area contributed by atoms with Gasteiger partial charge in [0.15, 0.2) is 0 Å². The van der Waals surface area contributed by atoms with E-state index in [9.17, 15) is 9.00 Å². The van der Waals surface area contributed by atoms with E-state index in [-0.39, 0.29) is 0 Å². The summed E-state index contributed by atoms with van der Waals surface area (Å²) in [6, 6.07) is 9.20. The number of furan rings is 1. The molecule has 0 saturated heterocycles. The molecule has 6 heteroatoms. The molecule has 3 aromatic rings. The van der Waals surface area contributed by atoms with Crippen molar-refractivity contribution in [3.63, 3.8) is 0 Å². The Labute approximate surface area is 149 Å². The maximum atomic E-state index is 12.6. The Bertz CT molecular complexity index is 1000. The number of fused-ring (bicyclic) bond motifs is 1. The number of aryl methyl sites for hydroxylation is 1. The minimum atomic E-state index is -0.608. The lowest BCUT2D eigenvalue weighted by Gasteiger charge is -2.19. The first-order chi connectivity index (χ1) is 11.8. The first kappa shape index (κ1) is 17.2. The molecular formula is C19H19NO4S. The number of nitrogens with zero attached hydrogens (tertiary/aromatic N) is 1. The molecule has 0 saturated carbocycles. The van der Waals surface area contributed by atoms with Crippen LogP contribution < -0.4 is 0 Å². The lowest BCUT2D eigenvalue weighted by atomic mass is 10.0. The number of para-hydroxylation sites is 1. The second-order valence-electron chi connectivity index (χ2n) is 6.71. The number of hydrogen-bond acceptors (Lipinski definition) is 4. The third-order valence-electron chi connectivity index (χ3n) is 3.73. The van der Waals surface area contributed by atoms with Gasteiger partial charge in [0.25, 0.3) is 0 Å². The van der Waals surface area contributed by atoms with E-state index in [1.807, 2.05) is 45.0 Å². The zero-order valence-electron chi connectivity index (χ0n) is 14.5. The van der Waals surface area contributed by atoms with Crippen LogP contribution in [-0.4, -0.2) is 25.3 Å². The van der Waals surface area contributed by atoms with Gasteiger partial charge in [-0.15, -0.1) is 0 Å². The molecule has 1 aromatic carbocycles. The van der Waals surface area contributed by atoms with Crippen LogP contribution in [0.25, 0.3) is 10.9 Å². The summed E-state index contributed by atoms with van der Waals surface area (Å²) in [5.41, 5.74) is 1.50. The summed E-state index contributed by atoms with van der Waals surface area (Å²) in [4.78, 5) is 13.1. The highest BCUT2D eigenvalue weighted by molar-refractivity contribution is 7.67. The molecule has 0 amide bonds. The van der Waals surface area contributed by atoms with Gasteiger partial charge in [-0.2, -0.15) is 0 Å². The van der Waals surface area contributed by atoms with Crippen LogP contribution in [0.3, 0.4) is 0 Å². The van der Waals surface area contributed by atoms with E-state index >= 15 is 0 Å². The number of hydrogen-bond donors (Lipinski definition) is 0. The first-order valence-electron chi connectivity index (χ1n) is 7.87. The van der Waals surface area contributed by atoms with Crippen LogP contribution in [0.2, 0.25) is 0 Å². The topological polar surface area (TPSA) is 61.4 Å². The summed E-state index contributed by atoms with van der Waals surface area (Å²) in [6.07, 6.45) is 2.73. The molecule has 2 aromatic heterocycles. The van der Waals surface area contributed by atoms with E-state index in [0.29, 0.717) is 33.0 Å². The molecule has 5 nitrogen and oxygen atoms in total. The fourth-order valence-corrected chi connectivity index (χ4v) is 3.23. The van der Waals surface area contributed by atoms with Gasteiger partial charge in [0.05, 0.1) is 27.9 Å². The fourth-order valence-electron chi connectivity index (χ4n) is 2.68. The lowest BCUT2D eigenvalue weighted by Crippen LogP contribution is -2.26.